The Morgan fingerprint density at radius 1 is 1.37 bits per heavy atom. The molecule has 1 aromatic heterocycles. The highest BCUT2D eigenvalue weighted by atomic mass is 35.5. The zero-order valence-electron chi connectivity index (χ0n) is 10.9. The molecule has 0 radical (unpaired) electrons. The number of halogens is 2. The summed E-state index contributed by atoms with van der Waals surface area (Å²) >= 11 is 1.79. The summed E-state index contributed by atoms with van der Waals surface area (Å²) in [5, 5.41) is 2.10. The van der Waals surface area contributed by atoms with Crippen LogP contribution in [0.15, 0.2) is 17.5 Å². The van der Waals surface area contributed by atoms with Gasteiger partial charge in [-0.05, 0) is 18.4 Å². The first-order chi connectivity index (χ1) is 8.16. The van der Waals surface area contributed by atoms with Crippen molar-refractivity contribution in [3.05, 3.63) is 22.4 Å². The summed E-state index contributed by atoms with van der Waals surface area (Å²) in [7, 11) is 0. The number of piperazine rings is 1. The van der Waals surface area contributed by atoms with Crippen LogP contribution in [0, 0.1) is 0 Å². The van der Waals surface area contributed by atoms with Crippen molar-refractivity contribution in [2.24, 2.45) is 5.73 Å². The summed E-state index contributed by atoms with van der Waals surface area (Å²) in [6.45, 7) is 6.22. The lowest BCUT2D eigenvalue weighted by Crippen LogP contribution is -2.52. The SMILES string of the molecule is CC(N)C(=O)N1CCN(Cc2cccs2)CC1.Cl.Cl. The summed E-state index contributed by atoms with van der Waals surface area (Å²) in [5.74, 6) is 0.0702. The second kappa shape index (κ2) is 8.76. The lowest BCUT2D eigenvalue weighted by molar-refractivity contribution is -0.134. The summed E-state index contributed by atoms with van der Waals surface area (Å²) in [6.07, 6.45) is 0. The Kier molecular flexibility index (Phi) is 8.61. The Morgan fingerprint density at radius 3 is 2.47 bits per heavy atom. The average molecular weight is 326 g/mol. The third-order valence-electron chi connectivity index (χ3n) is 3.03. The largest absolute Gasteiger partial charge is 0.339 e. The van der Waals surface area contributed by atoms with E-state index in [-0.39, 0.29) is 36.8 Å². The van der Waals surface area contributed by atoms with Crippen molar-refractivity contribution in [3.63, 3.8) is 0 Å². The fourth-order valence-corrected chi connectivity index (χ4v) is 2.78. The Balaban J connectivity index is 0.00000162. The van der Waals surface area contributed by atoms with Crippen molar-refractivity contribution in [1.29, 1.82) is 0 Å². The number of carbonyl (C=O) groups excluding carboxylic acids is 1. The second-order valence-electron chi connectivity index (χ2n) is 4.47. The van der Waals surface area contributed by atoms with Gasteiger partial charge in [0.2, 0.25) is 5.91 Å². The van der Waals surface area contributed by atoms with E-state index in [0.717, 1.165) is 32.7 Å². The van der Waals surface area contributed by atoms with Crippen LogP contribution < -0.4 is 5.73 Å². The van der Waals surface area contributed by atoms with Crippen LogP contribution in [-0.2, 0) is 11.3 Å². The number of carbonyl (C=O) groups is 1. The first-order valence-corrected chi connectivity index (χ1v) is 6.84. The van der Waals surface area contributed by atoms with E-state index in [1.165, 1.54) is 4.88 Å². The molecule has 1 fully saturated rings. The van der Waals surface area contributed by atoms with Gasteiger partial charge in [0, 0.05) is 37.6 Å². The third-order valence-corrected chi connectivity index (χ3v) is 3.89. The molecule has 1 aliphatic heterocycles. The molecule has 1 saturated heterocycles. The molecule has 19 heavy (non-hydrogen) atoms. The second-order valence-corrected chi connectivity index (χ2v) is 5.50. The molecule has 0 bridgehead atoms. The maximum Gasteiger partial charge on any atom is 0.239 e. The fourth-order valence-electron chi connectivity index (χ4n) is 2.04. The van der Waals surface area contributed by atoms with Crippen LogP contribution in [-0.4, -0.2) is 47.9 Å². The molecule has 1 aliphatic rings. The van der Waals surface area contributed by atoms with Gasteiger partial charge in [-0.2, -0.15) is 0 Å². The van der Waals surface area contributed by atoms with Crippen LogP contribution in [0.2, 0.25) is 0 Å². The highest BCUT2D eigenvalue weighted by Crippen LogP contribution is 2.13. The van der Waals surface area contributed by atoms with Gasteiger partial charge < -0.3 is 10.6 Å². The van der Waals surface area contributed by atoms with Gasteiger partial charge in [0.25, 0.3) is 0 Å². The van der Waals surface area contributed by atoms with Crippen LogP contribution in [0.3, 0.4) is 0 Å². The molecular weight excluding hydrogens is 305 g/mol. The first-order valence-electron chi connectivity index (χ1n) is 5.96. The molecule has 0 saturated carbocycles. The number of amides is 1. The van der Waals surface area contributed by atoms with E-state index in [2.05, 4.69) is 22.4 Å². The molecule has 0 aliphatic carbocycles. The van der Waals surface area contributed by atoms with Gasteiger partial charge in [-0.15, -0.1) is 36.2 Å². The van der Waals surface area contributed by atoms with E-state index >= 15 is 0 Å². The normalized spacial score (nSPS) is 17.3. The summed E-state index contributed by atoms with van der Waals surface area (Å²) < 4.78 is 0. The predicted molar refractivity (Wildman–Crippen MR) is 84.3 cm³/mol. The monoisotopic (exact) mass is 325 g/mol. The van der Waals surface area contributed by atoms with Gasteiger partial charge in [-0.1, -0.05) is 6.07 Å². The summed E-state index contributed by atoms with van der Waals surface area (Å²) in [4.78, 5) is 17.3. The molecule has 4 nitrogen and oxygen atoms in total. The number of rotatable bonds is 3. The van der Waals surface area contributed by atoms with Crippen LogP contribution in [0.25, 0.3) is 0 Å². The predicted octanol–water partition coefficient (Wildman–Crippen LogP) is 1.58. The van der Waals surface area contributed by atoms with E-state index in [1.54, 1.807) is 18.3 Å². The lowest BCUT2D eigenvalue weighted by atomic mass is 10.2. The molecule has 2 heterocycles. The molecule has 1 atom stereocenters. The van der Waals surface area contributed by atoms with Crippen LogP contribution >= 0.6 is 36.2 Å². The topological polar surface area (TPSA) is 49.6 Å². The minimum atomic E-state index is -0.376. The minimum absolute atomic E-state index is 0. The van der Waals surface area contributed by atoms with Gasteiger partial charge in [0.1, 0.15) is 0 Å². The molecule has 0 spiro atoms. The number of hydrogen-bond acceptors (Lipinski definition) is 4. The molecule has 2 N–H and O–H groups in total. The van der Waals surface area contributed by atoms with Gasteiger partial charge in [0.15, 0.2) is 0 Å². The minimum Gasteiger partial charge on any atom is -0.339 e. The number of hydrogen-bond donors (Lipinski definition) is 1. The Hall–Kier alpha value is -0.330. The highest BCUT2D eigenvalue weighted by Gasteiger charge is 2.22. The zero-order valence-corrected chi connectivity index (χ0v) is 13.4. The number of nitrogens with zero attached hydrogens (tertiary/aromatic N) is 2. The van der Waals surface area contributed by atoms with E-state index in [9.17, 15) is 4.79 Å². The van der Waals surface area contributed by atoms with Crippen molar-refractivity contribution >= 4 is 42.1 Å². The van der Waals surface area contributed by atoms with E-state index < -0.39 is 0 Å². The molecule has 1 aromatic rings. The van der Waals surface area contributed by atoms with Crippen molar-refractivity contribution in [1.82, 2.24) is 9.80 Å². The smallest absolute Gasteiger partial charge is 0.239 e. The van der Waals surface area contributed by atoms with Crippen molar-refractivity contribution in [2.75, 3.05) is 26.2 Å². The molecule has 2 rings (SSSR count). The fraction of sp³-hybridized carbons (Fsp3) is 0.583. The Bertz CT molecular complexity index is 365. The summed E-state index contributed by atoms with van der Waals surface area (Å²) in [5.41, 5.74) is 5.61. The van der Waals surface area contributed by atoms with Crippen molar-refractivity contribution in [3.8, 4) is 0 Å². The van der Waals surface area contributed by atoms with E-state index in [1.807, 2.05) is 4.90 Å². The van der Waals surface area contributed by atoms with Crippen LogP contribution in [0.1, 0.15) is 11.8 Å². The zero-order chi connectivity index (χ0) is 12.3. The van der Waals surface area contributed by atoms with Crippen LogP contribution in [0.5, 0.6) is 0 Å². The van der Waals surface area contributed by atoms with E-state index in [0.29, 0.717) is 0 Å². The standard InChI is InChI=1S/C12H19N3OS.2ClH/c1-10(13)12(16)15-6-4-14(5-7-15)9-11-3-2-8-17-11;;/h2-3,8,10H,4-7,9,13H2,1H3;2*1H. The molecule has 7 heteroatoms. The highest BCUT2D eigenvalue weighted by molar-refractivity contribution is 7.09. The molecule has 1 unspecified atom stereocenters. The van der Waals surface area contributed by atoms with Gasteiger partial charge in [-0.3, -0.25) is 9.69 Å². The van der Waals surface area contributed by atoms with Crippen molar-refractivity contribution < 1.29 is 4.79 Å². The number of thiophene rings is 1. The van der Waals surface area contributed by atoms with Gasteiger partial charge in [-0.25, -0.2) is 0 Å². The van der Waals surface area contributed by atoms with E-state index in [4.69, 9.17) is 5.73 Å². The average Bonchev–Trinajstić information content (AvgIpc) is 2.82. The molecule has 110 valence electrons. The third kappa shape index (κ3) is 5.28. The Morgan fingerprint density at radius 2 is 2.00 bits per heavy atom. The number of nitrogens with two attached hydrogens (primary N) is 1. The molecular formula is C12H21Cl2N3OS. The Labute approximate surface area is 130 Å². The molecule has 0 aromatic carbocycles. The lowest BCUT2D eigenvalue weighted by Gasteiger charge is -2.35. The maximum atomic E-state index is 11.7. The summed E-state index contributed by atoms with van der Waals surface area (Å²) in [6, 6.07) is 3.86. The molecule has 1 amide bonds. The first kappa shape index (κ1) is 18.7. The van der Waals surface area contributed by atoms with Gasteiger partial charge >= 0.3 is 0 Å². The van der Waals surface area contributed by atoms with Crippen LogP contribution in [0.4, 0.5) is 0 Å². The quantitative estimate of drug-likeness (QED) is 0.918. The maximum absolute atomic E-state index is 11.7. The van der Waals surface area contributed by atoms with Crippen molar-refractivity contribution in [2.45, 2.75) is 19.5 Å². The van der Waals surface area contributed by atoms with Gasteiger partial charge in [0.05, 0.1) is 6.04 Å².